The molecular weight excluding hydrogens is 429 g/mol. The first-order chi connectivity index (χ1) is 15.5. The van der Waals surface area contributed by atoms with Crippen LogP contribution in [0.3, 0.4) is 0 Å². The summed E-state index contributed by atoms with van der Waals surface area (Å²) in [6.07, 6.45) is 3.54. The Morgan fingerprint density at radius 1 is 1.24 bits per heavy atom. The minimum Gasteiger partial charge on any atom is -0.444 e. The fraction of sp³-hybridized carbons (Fsp3) is 0.652. The van der Waals surface area contributed by atoms with Gasteiger partial charge in [-0.3, -0.25) is 13.9 Å². The van der Waals surface area contributed by atoms with Gasteiger partial charge in [0.05, 0.1) is 11.6 Å². The minimum atomic E-state index is -0.616. The van der Waals surface area contributed by atoms with Gasteiger partial charge in [0, 0.05) is 18.6 Å². The number of aromatic nitrogens is 3. The molecule has 0 atom stereocenters. The number of alkyl carbamates (subject to hydrolysis) is 1. The molecule has 2 aromatic rings. The quantitative estimate of drug-likeness (QED) is 0.707. The lowest BCUT2D eigenvalue weighted by atomic mass is 9.91. The van der Waals surface area contributed by atoms with Gasteiger partial charge in [0.15, 0.2) is 0 Å². The highest BCUT2D eigenvalue weighted by atomic mass is 19.1. The van der Waals surface area contributed by atoms with Crippen LogP contribution in [0.5, 0.6) is 0 Å². The molecule has 9 nitrogen and oxygen atoms in total. The summed E-state index contributed by atoms with van der Waals surface area (Å²) in [5, 5.41) is 2.97. The normalized spacial score (nSPS) is 19.1. The first-order valence-electron chi connectivity index (χ1n) is 11.4. The Labute approximate surface area is 192 Å². The molecule has 1 fully saturated rings. The second-order valence-corrected chi connectivity index (χ2v) is 9.94. The Morgan fingerprint density at radius 2 is 1.91 bits per heavy atom. The lowest BCUT2D eigenvalue weighted by Gasteiger charge is -2.31. The molecule has 33 heavy (non-hydrogen) atoms. The number of pyridine rings is 1. The lowest BCUT2D eigenvalue weighted by Crippen LogP contribution is -2.46. The molecule has 0 aromatic carbocycles. The second kappa shape index (κ2) is 10.0. The molecule has 182 valence electrons. The van der Waals surface area contributed by atoms with E-state index < -0.39 is 28.8 Å². The van der Waals surface area contributed by atoms with Crippen LogP contribution in [-0.4, -0.2) is 57.4 Å². The smallest absolute Gasteiger partial charge is 0.407 e. The largest absolute Gasteiger partial charge is 0.444 e. The maximum atomic E-state index is 13.9. The number of carbonyl (C=O) groups excluding carboxylic acids is 1. The molecule has 1 amide bonds. The zero-order chi connectivity index (χ0) is 24.3. The Hall–Kier alpha value is -2.75. The summed E-state index contributed by atoms with van der Waals surface area (Å²) >= 11 is 0. The van der Waals surface area contributed by atoms with Crippen LogP contribution < -0.4 is 16.6 Å². The number of amides is 1. The maximum Gasteiger partial charge on any atom is 0.407 e. The van der Waals surface area contributed by atoms with Crippen molar-refractivity contribution in [1.29, 1.82) is 0 Å². The van der Waals surface area contributed by atoms with Crippen molar-refractivity contribution in [3.05, 3.63) is 38.9 Å². The molecule has 2 heterocycles. The Bertz CT molecular complexity index is 1110. The summed E-state index contributed by atoms with van der Waals surface area (Å²) in [5.41, 5.74) is -1.31. The fourth-order valence-electron chi connectivity index (χ4n) is 4.26. The number of aryl methyl sites for hydroxylation is 1. The van der Waals surface area contributed by atoms with Crippen molar-refractivity contribution in [2.45, 2.75) is 77.1 Å². The molecule has 1 aliphatic rings. The molecule has 1 saturated carbocycles. The molecule has 0 unspecified atom stereocenters. The van der Waals surface area contributed by atoms with Crippen LogP contribution in [0.1, 0.15) is 58.9 Å². The van der Waals surface area contributed by atoms with E-state index in [-0.39, 0.29) is 23.1 Å². The van der Waals surface area contributed by atoms with E-state index in [0.717, 1.165) is 18.8 Å². The van der Waals surface area contributed by atoms with Gasteiger partial charge in [-0.2, -0.15) is 0 Å². The van der Waals surface area contributed by atoms with Crippen molar-refractivity contribution in [3.63, 3.8) is 0 Å². The molecule has 0 aliphatic heterocycles. The lowest BCUT2D eigenvalue weighted by molar-refractivity contribution is 0.0487. The Morgan fingerprint density at radius 3 is 2.52 bits per heavy atom. The zero-order valence-electron chi connectivity index (χ0n) is 20.1. The van der Waals surface area contributed by atoms with Crippen LogP contribution in [0, 0.1) is 5.82 Å². The zero-order valence-corrected chi connectivity index (χ0v) is 20.1. The average molecular weight is 464 g/mol. The van der Waals surface area contributed by atoms with Crippen LogP contribution in [-0.2, 0) is 11.3 Å². The van der Waals surface area contributed by atoms with Crippen LogP contribution in [0.4, 0.5) is 9.18 Å². The molecule has 1 N–H and O–H groups in total. The van der Waals surface area contributed by atoms with Gasteiger partial charge in [0.2, 0.25) is 0 Å². The van der Waals surface area contributed by atoms with Gasteiger partial charge in [-0.15, -0.1) is 0 Å². The molecule has 0 spiro atoms. The summed E-state index contributed by atoms with van der Waals surface area (Å²) in [4.78, 5) is 44.7. The monoisotopic (exact) mass is 463 g/mol. The molecule has 0 bridgehead atoms. The standard InChI is InChI=1S/C23H34FN5O4/c1-23(2,3)33-21(31)26-16-7-9-17(10-8-16)29-20(30)18-13-15(24)14-25-19(18)28(22(29)32)12-6-11-27(4)5/h13-14,16-17H,6-12H2,1-5H3,(H,26,31). The van der Waals surface area contributed by atoms with Gasteiger partial charge in [0.1, 0.15) is 17.1 Å². The van der Waals surface area contributed by atoms with Crippen LogP contribution >= 0.6 is 0 Å². The van der Waals surface area contributed by atoms with E-state index in [1.807, 2.05) is 19.0 Å². The minimum absolute atomic E-state index is 0.0892. The Balaban J connectivity index is 1.85. The number of nitrogens with one attached hydrogen (secondary N) is 1. The number of nitrogens with zero attached hydrogens (tertiary/aromatic N) is 4. The first kappa shape index (κ1) is 24.9. The number of rotatable bonds is 6. The van der Waals surface area contributed by atoms with Crippen LogP contribution in [0.25, 0.3) is 11.0 Å². The van der Waals surface area contributed by atoms with Crippen LogP contribution in [0.15, 0.2) is 21.9 Å². The summed E-state index contributed by atoms with van der Waals surface area (Å²) in [5.74, 6) is -0.616. The van der Waals surface area contributed by atoms with Gasteiger partial charge in [-0.25, -0.2) is 19.0 Å². The molecule has 1 aliphatic carbocycles. The van der Waals surface area contributed by atoms with Crippen molar-refractivity contribution in [3.8, 4) is 0 Å². The van der Waals surface area contributed by atoms with E-state index in [2.05, 4.69) is 10.3 Å². The number of ether oxygens (including phenoxy) is 1. The van der Waals surface area contributed by atoms with E-state index in [9.17, 15) is 18.8 Å². The molecule has 3 rings (SSSR count). The highest BCUT2D eigenvalue weighted by Gasteiger charge is 2.28. The maximum absolute atomic E-state index is 13.9. The molecule has 10 heteroatoms. The van der Waals surface area contributed by atoms with Gasteiger partial charge in [-0.1, -0.05) is 0 Å². The highest BCUT2D eigenvalue weighted by molar-refractivity contribution is 5.73. The van der Waals surface area contributed by atoms with Gasteiger partial charge >= 0.3 is 11.8 Å². The SMILES string of the molecule is CN(C)CCCn1c(=O)n(C2CCC(NC(=O)OC(C)(C)C)CC2)c(=O)c2cc(F)cnc21. The fourth-order valence-corrected chi connectivity index (χ4v) is 4.26. The summed E-state index contributed by atoms with van der Waals surface area (Å²) in [6, 6.07) is 0.738. The molecule has 0 radical (unpaired) electrons. The van der Waals surface area contributed by atoms with Gasteiger partial charge in [-0.05, 0) is 79.6 Å². The van der Waals surface area contributed by atoms with Crippen molar-refractivity contribution in [2.24, 2.45) is 0 Å². The number of halogens is 1. The molecule has 2 aromatic heterocycles. The van der Waals surface area contributed by atoms with E-state index in [1.165, 1.54) is 9.13 Å². The molecular formula is C23H34FN5O4. The Kier molecular flexibility index (Phi) is 7.56. The summed E-state index contributed by atoms with van der Waals surface area (Å²) in [7, 11) is 3.89. The number of hydrogen-bond donors (Lipinski definition) is 1. The van der Waals surface area contributed by atoms with E-state index in [1.54, 1.807) is 20.8 Å². The van der Waals surface area contributed by atoms with Gasteiger partial charge in [0.25, 0.3) is 5.56 Å². The van der Waals surface area contributed by atoms with E-state index >= 15 is 0 Å². The van der Waals surface area contributed by atoms with Gasteiger partial charge < -0.3 is 15.0 Å². The van der Waals surface area contributed by atoms with Crippen molar-refractivity contribution in [2.75, 3.05) is 20.6 Å². The second-order valence-electron chi connectivity index (χ2n) is 9.94. The average Bonchev–Trinajstić information content (AvgIpc) is 2.70. The number of fused-ring (bicyclic) bond motifs is 1. The topological polar surface area (TPSA) is 98.5 Å². The third-order valence-corrected chi connectivity index (χ3v) is 5.74. The predicted molar refractivity (Wildman–Crippen MR) is 124 cm³/mol. The third kappa shape index (κ3) is 6.19. The first-order valence-corrected chi connectivity index (χ1v) is 11.4. The van der Waals surface area contributed by atoms with Crippen molar-refractivity contribution >= 4 is 17.1 Å². The summed E-state index contributed by atoms with van der Waals surface area (Å²) < 4.78 is 22.0. The highest BCUT2D eigenvalue weighted by Crippen LogP contribution is 2.27. The van der Waals surface area contributed by atoms with Crippen molar-refractivity contribution in [1.82, 2.24) is 24.3 Å². The predicted octanol–water partition coefficient (Wildman–Crippen LogP) is 2.66. The van der Waals surface area contributed by atoms with E-state index in [0.29, 0.717) is 38.6 Å². The van der Waals surface area contributed by atoms with E-state index in [4.69, 9.17) is 4.74 Å². The molecule has 0 saturated heterocycles. The van der Waals surface area contributed by atoms with Crippen LogP contribution in [0.2, 0.25) is 0 Å². The summed E-state index contributed by atoms with van der Waals surface area (Å²) in [6.45, 7) is 6.54. The number of hydrogen-bond acceptors (Lipinski definition) is 6. The third-order valence-electron chi connectivity index (χ3n) is 5.74. The number of carbonyl (C=O) groups is 1. The van der Waals surface area contributed by atoms with Crippen molar-refractivity contribution < 1.29 is 13.9 Å².